The van der Waals surface area contributed by atoms with Crippen molar-refractivity contribution in [3.63, 3.8) is 0 Å². The Labute approximate surface area is 163 Å². The number of hydrogen-bond acceptors (Lipinski definition) is 4. The number of hydrogen-bond donors (Lipinski definition) is 0. The summed E-state index contributed by atoms with van der Waals surface area (Å²) >= 11 is 5.90. The Morgan fingerprint density at radius 1 is 1.00 bits per heavy atom. The molecule has 1 aromatic carbocycles. The Morgan fingerprint density at radius 2 is 1.78 bits per heavy atom. The number of amides is 1. The minimum Gasteiger partial charge on any atom is -0.336 e. The lowest BCUT2D eigenvalue weighted by molar-refractivity contribution is 0.0588. The zero-order valence-electron chi connectivity index (χ0n) is 14.8. The van der Waals surface area contributed by atoms with E-state index in [4.69, 9.17) is 11.6 Å². The van der Waals surface area contributed by atoms with E-state index in [1.807, 2.05) is 40.2 Å². The molecule has 6 nitrogen and oxygen atoms in total. The standard InChI is InChI=1S/C20H20ClN5O/c21-18-5-3-16(4-6-18)20(27)25-12-10-24(11-13-25)15-26-19(7-9-23-26)17-2-1-8-22-14-17/h1-9,14H,10-13,15H2. The summed E-state index contributed by atoms with van der Waals surface area (Å²) in [6.07, 6.45) is 5.42. The molecule has 3 aromatic rings. The molecule has 4 rings (SSSR count). The summed E-state index contributed by atoms with van der Waals surface area (Å²) in [7, 11) is 0. The molecule has 0 N–H and O–H groups in total. The average Bonchev–Trinajstić information content (AvgIpc) is 3.17. The van der Waals surface area contributed by atoms with Gasteiger partial charge in [-0.25, -0.2) is 0 Å². The second-order valence-corrected chi connectivity index (χ2v) is 6.95. The minimum absolute atomic E-state index is 0.0569. The molecule has 1 aliphatic rings. The normalized spacial score (nSPS) is 15.1. The molecule has 1 saturated heterocycles. The highest BCUT2D eigenvalue weighted by molar-refractivity contribution is 6.30. The van der Waals surface area contributed by atoms with Crippen LogP contribution in [0.5, 0.6) is 0 Å². The van der Waals surface area contributed by atoms with Crippen LogP contribution in [0.3, 0.4) is 0 Å². The van der Waals surface area contributed by atoms with E-state index in [2.05, 4.69) is 15.0 Å². The summed E-state index contributed by atoms with van der Waals surface area (Å²) in [4.78, 5) is 21.0. The maximum atomic E-state index is 12.6. The number of benzene rings is 1. The zero-order valence-corrected chi connectivity index (χ0v) is 15.6. The Bertz CT molecular complexity index is 902. The molecule has 0 aliphatic carbocycles. The van der Waals surface area contributed by atoms with Crippen molar-refractivity contribution in [2.24, 2.45) is 0 Å². The molecule has 27 heavy (non-hydrogen) atoms. The quantitative estimate of drug-likeness (QED) is 0.697. The van der Waals surface area contributed by atoms with Crippen molar-refractivity contribution < 1.29 is 4.79 Å². The van der Waals surface area contributed by atoms with Gasteiger partial charge in [0.25, 0.3) is 5.91 Å². The molecule has 1 aliphatic heterocycles. The molecule has 0 unspecified atom stereocenters. The minimum atomic E-state index is 0.0569. The number of halogens is 1. The molecule has 7 heteroatoms. The predicted molar refractivity (Wildman–Crippen MR) is 104 cm³/mol. The summed E-state index contributed by atoms with van der Waals surface area (Å²) in [6.45, 7) is 3.72. The van der Waals surface area contributed by atoms with Crippen LogP contribution in [-0.2, 0) is 6.67 Å². The number of aromatic nitrogens is 3. The van der Waals surface area contributed by atoms with Crippen LogP contribution in [0.1, 0.15) is 10.4 Å². The van der Waals surface area contributed by atoms with Crippen molar-refractivity contribution in [1.82, 2.24) is 24.6 Å². The highest BCUT2D eigenvalue weighted by Gasteiger charge is 2.22. The lowest BCUT2D eigenvalue weighted by Crippen LogP contribution is -2.49. The molecule has 0 bridgehead atoms. The molecule has 1 fully saturated rings. The van der Waals surface area contributed by atoms with Crippen molar-refractivity contribution in [2.75, 3.05) is 26.2 Å². The van der Waals surface area contributed by atoms with Gasteiger partial charge in [0.15, 0.2) is 0 Å². The molecule has 138 valence electrons. The molecule has 2 aromatic heterocycles. The van der Waals surface area contributed by atoms with Crippen LogP contribution < -0.4 is 0 Å². The van der Waals surface area contributed by atoms with E-state index in [0.717, 1.165) is 24.3 Å². The third kappa shape index (κ3) is 4.02. The number of nitrogens with zero attached hydrogens (tertiary/aromatic N) is 5. The van der Waals surface area contributed by atoms with E-state index < -0.39 is 0 Å². The first kappa shape index (κ1) is 17.7. The fourth-order valence-electron chi connectivity index (χ4n) is 3.26. The molecular formula is C20H20ClN5O. The van der Waals surface area contributed by atoms with Crippen molar-refractivity contribution in [2.45, 2.75) is 6.67 Å². The monoisotopic (exact) mass is 381 g/mol. The largest absolute Gasteiger partial charge is 0.336 e. The Kier molecular flexibility index (Phi) is 5.18. The topological polar surface area (TPSA) is 54.3 Å². The van der Waals surface area contributed by atoms with Crippen LogP contribution in [-0.4, -0.2) is 56.7 Å². The van der Waals surface area contributed by atoms with Gasteiger partial charge < -0.3 is 4.90 Å². The highest BCUT2D eigenvalue weighted by Crippen LogP contribution is 2.18. The third-order valence-electron chi connectivity index (χ3n) is 4.76. The van der Waals surface area contributed by atoms with E-state index in [1.165, 1.54) is 0 Å². The van der Waals surface area contributed by atoms with E-state index >= 15 is 0 Å². The van der Waals surface area contributed by atoms with Gasteiger partial charge in [0, 0.05) is 60.9 Å². The maximum absolute atomic E-state index is 12.6. The maximum Gasteiger partial charge on any atom is 0.253 e. The van der Waals surface area contributed by atoms with Crippen molar-refractivity contribution >= 4 is 17.5 Å². The van der Waals surface area contributed by atoms with Gasteiger partial charge in [0.1, 0.15) is 0 Å². The van der Waals surface area contributed by atoms with Gasteiger partial charge in [-0.15, -0.1) is 0 Å². The van der Waals surface area contributed by atoms with Crippen LogP contribution >= 0.6 is 11.6 Å². The van der Waals surface area contributed by atoms with E-state index in [0.29, 0.717) is 30.3 Å². The SMILES string of the molecule is O=C(c1ccc(Cl)cc1)N1CCN(Cn2nccc2-c2cccnc2)CC1. The van der Waals surface area contributed by atoms with Gasteiger partial charge in [-0.1, -0.05) is 11.6 Å². The van der Waals surface area contributed by atoms with Crippen LogP contribution in [0.4, 0.5) is 0 Å². The summed E-state index contributed by atoms with van der Waals surface area (Å²) in [6, 6.07) is 13.0. The second kappa shape index (κ2) is 7.90. The predicted octanol–water partition coefficient (Wildman–Crippen LogP) is 3.01. The van der Waals surface area contributed by atoms with Crippen LogP contribution in [0.15, 0.2) is 61.1 Å². The molecule has 3 heterocycles. The van der Waals surface area contributed by atoms with Gasteiger partial charge in [-0.05, 0) is 42.5 Å². The molecule has 0 spiro atoms. The Morgan fingerprint density at radius 3 is 2.48 bits per heavy atom. The number of rotatable bonds is 4. The van der Waals surface area contributed by atoms with Gasteiger partial charge in [-0.3, -0.25) is 19.4 Å². The molecule has 0 atom stereocenters. The smallest absolute Gasteiger partial charge is 0.253 e. The van der Waals surface area contributed by atoms with Gasteiger partial charge in [0.05, 0.1) is 12.4 Å². The molecular weight excluding hydrogens is 362 g/mol. The number of piperazine rings is 1. The van der Waals surface area contributed by atoms with Gasteiger partial charge in [0.2, 0.25) is 0 Å². The lowest BCUT2D eigenvalue weighted by Gasteiger charge is -2.34. The van der Waals surface area contributed by atoms with Crippen LogP contribution in [0.2, 0.25) is 5.02 Å². The van der Waals surface area contributed by atoms with Gasteiger partial charge in [-0.2, -0.15) is 5.10 Å². The van der Waals surface area contributed by atoms with Crippen molar-refractivity contribution in [1.29, 1.82) is 0 Å². The van der Waals surface area contributed by atoms with Crippen molar-refractivity contribution in [3.05, 3.63) is 71.6 Å². The zero-order chi connectivity index (χ0) is 18.6. The van der Waals surface area contributed by atoms with Crippen molar-refractivity contribution in [3.8, 4) is 11.3 Å². The highest BCUT2D eigenvalue weighted by atomic mass is 35.5. The van der Waals surface area contributed by atoms with Crippen LogP contribution in [0, 0.1) is 0 Å². The summed E-state index contributed by atoms with van der Waals surface area (Å²) < 4.78 is 1.98. The lowest BCUT2D eigenvalue weighted by atomic mass is 10.2. The Hall–Kier alpha value is -2.70. The average molecular weight is 382 g/mol. The fourth-order valence-corrected chi connectivity index (χ4v) is 3.39. The number of carbonyl (C=O) groups excluding carboxylic acids is 1. The summed E-state index contributed by atoms with van der Waals surface area (Å²) in [5, 5.41) is 5.09. The first-order valence-electron chi connectivity index (χ1n) is 8.90. The first-order chi connectivity index (χ1) is 13.2. The van der Waals surface area contributed by atoms with Gasteiger partial charge >= 0.3 is 0 Å². The third-order valence-corrected chi connectivity index (χ3v) is 5.01. The summed E-state index contributed by atoms with van der Waals surface area (Å²) in [5.74, 6) is 0.0569. The second-order valence-electron chi connectivity index (χ2n) is 6.52. The van der Waals surface area contributed by atoms with E-state index in [-0.39, 0.29) is 5.91 Å². The summed E-state index contributed by atoms with van der Waals surface area (Å²) in [5.41, 5.74) is 2.77. The molecule has 1 amide bonds. The fraction of sp³-hybridized carbons (Fsp3) is 0.250. The number of pyridine rings is 1. The van der Waals surface area contributed by atoms with E-state index in [1.54, 1.807) is 30.5 Å². The first-order valence-corrected chi connectivity index (χ1v) is 9.28. The molecule has 0 saturated carbocycles. The molecule has 0 radical (unpaired) electrons. The van der Waals surface area contributed by atoms with Crippen LogP contribution in [0.25, 0.3) is 11.3 Å². The number of carbonyl (C=O) groups is 1. The Balaban J connectivity index is 1.37. The van der Waals surface area contributed by atoms with E-state index in [9.17, 15) is 4.79 Å².